The van der Waals surface area contributed by atoms with Crippen molar-refractivity contribution in [1.82, 2.24) is 0 Å². The zero-order valence-electron chi connectivity index (χ0n) is 14.9. The van der Waals surface area contributed by atoms with Crippen molar-refractivity contribution in [3.05, 3.63) is 0 Å². The molecule has 0 radical (unpaired) electrons. The van der Waals surface area contributed by atoms with E-state index in [0.717, 1.165) is 12.8 Å². The molecule has 0 bridgehead atoms. The number of carbonyl (C=O) groups excluding carboxylic acids is 1. The van der Waals surface area contributed by atoms with Gasteiger partial charge in [0.1, 0.15) is 0 Å². The summed E-state index contributed by atoms with van der Waals surface area (Å²) < 4.78 is 4.63. The van der Waals surface area contributed by atoms with Crippen LogP contribution in [0.1, 0.15) is 103 Å². The Morgan fingerprint density at radius 3 is 1.77 bits per heavy atom. The lowest BCUT2D eigenvalue weighted by Gasteiger charge is -2.09. The van der Waals surface area contributed by atoms with Gasteiger partial charge in [-0.3, -0.25) is 4.79 Å². The predicted octanol–water partition coefficient (Wildman–Crippen LogP) is 6.64. The van der Waals surface area contributed by atoms with Gasteiger partial charge in [0, 0.05) is 11.8 Å². The second-order valence-electron chi connectivity index (χ2n) is 6.39. The third kappa shape index (κ3) is 16.1. The van der Waals surface area contributed by atoms with Gasteiger partial charge in [0.05, 0.1) is 7.11 Å². The minimum absolute atomic E-state index is 0.0784. The summed E-state index contributed by atoms with van der Waals surface area (Å²) in [5.41, 5.74) is 0. The van der Waals surface area contributed by atoms with Gasteiger partial charge in [0.15, 0.2) is 0 Å². The molecular weight excluding hydrogens is 296 g/mol. The molecule has 0 amide bonds. The van der Waals surface area contributed by atoms with Crippen LogP contribution in [0.15, 0.2) is 0 Å². The van der Waals surface area contributed by atoms with E-state index in [4.69, 9.17) is 11.6 Å². The molecular formula is C19H37ClO2. The summed E-state index contributed by atoms with van der Waals surface area (Å²) in [6.45, 7) is 2.25. The normalized spacial score (nSPS) is 12.3. The molecule has 132 valence electrons. The van der Waals surface area contributed by atoms with E-state index >= 15 is 0 Å². The second-order valence-corrected chi connectivity index (χ2v) is 7.01. The molecule has 0 fully saturated rings. The molecule has 2 nitrogen and oxygen atoms in total. The number of esters is 1. The van der Waals surface area contributed by atoms with E-state index in [9.17, 15) is 4.79 Å². The van der Waals surface area contributed by atoms with Gasteiger partial charge in [0.2, 0.25) is 0 Å². The number of carbonyl (C=O) groups is 1. The van der Waals surface area contributed by atoms with Crippen molar-refractivity contribution in [2.24, 2.45) is 0 Å². The van der Waals surface area contributed by atoms with Gasteiger partial charge >= 0.3 is 5.97 Å². The van der Waals surface area contributed by atoms with Crippen LogP contribution in [0, 0.1) is 0 Å². The molecule has 0 heterocycles. The highest BCUT2D eigenvalue weighted by molar-refractivity contribution is 6.20. The molecule has 1 unspecified atom stereocenters. The lowest BCUT2D eigenvalue weighted by molar-refractivity contribution is -0.140. The molecule has 0 aromatic heterocycles. The highest BCUT2D eigenvalue weighted by atomic mass is 35.5. The van der Waals surface area contributed by atoms with Crippen molar-refractivity contribution in [2.45, 2.75) is 109 Å². The third-order valence-corrected chi connectivity index (χ3v) is 4.68. The molecule has 3 heteroatoms. The molecule has 0 aliphatic rings. The molecule has 0 aliphatic heterocycles. The summed E-state index contributed by atoms with van der Waals surface area (Å²) in [7, 11) is 1.46. The van der Waals surface area contributed by atoms with Crippen molar-refractivity contribution in [1.29, 1.82) is 0 Å². The molecule has 1 atom stereocenters. The van der Waals surface area contributed by atoms with Crippen LogP contribution in [0.5, 0.6) is 0 Å². The molecule has 0 N–H and O–H groups in total. The summed E-state index contributed by atoms with van der Waals surface area (Å²) in [5, 5.41) is 0.398. The number of rotatable bonds is 16. The van der Waals surface area contributed by atoms with E-state index in [0.29, 0.717) is 11.8 Å². The van der Waals surface area contributed by atoms with Gasteiger partial charge in [-0.05, 0) is 19.3 Å². The summed E-state index contributed by atoms with van der Waals surface area (Å²) in [6, 6.07) is 0. The molecule has 0 aromatic carbocycles. The van der Waals surface area contributed by atoms with Crippen molar-refractivity contribution < 1.29 is 9.53 Å². The van der Waals surface area contributed by atoms with Gasteiger partial charge in [-0.25, -0.2) is 0 Å². The van der Waals surface area contributed by atoms with Crippen LogP contribution < -0.4 is 0 Å². The summed E-state index contributed by atoms with van der Waals surface area (Å²) in [4.78, 5) is 10.9. The monoisotopic (exact) mass is 332 g/mol. The van der Waals surface area contributed by atoms with Crippen LogP contribution >= 0.6 is 11.6 Å². The largest absolute Gasteiger partial charge is 0.469 e. The van der Waals surface area contributed by atoms with E-state index in [2.05, 4.69) is 11.7 Å². The Bertz CT molecular complexity index is 244. The lowest BCUT2D eigenvalue weighted by atomic mass is 10.0. The van der Waals surface area contributed by atoms with Crippen LogP contribution in [-0.4, -0.2) is 18.5 Å². The average molecular weight is 333 g/mol. The van der Waals surface area contributed by atoms with E-state index in [1.54, 1.807) is 0 Å². The Morgan fingerprint density at radius 1 is 0.818 bits per heavy atom. The van der Waals surface area contributed by atoms with Crippen LogP contribution in [0.4, 0.5) is 0 Å². The van der Waals surface area contributed by atoms with Crippen molar-refractivity contribution in [2.75, 3.05) is 7.11 Å². The maximum Gasteiger partial charge on any atom is 0.305 e. The van der Waals surface area contributed by atoms with Crippen LogP contribution in [-0.2, 0) is 9.53 Å². The van der Waals surface area contributed by atoms with E-state index in [-0.39, 0.29) is 5.97 Å². The first kappa shape index (κ1) is 21.8. The van der Waals surface area contributed by atoms with E-state index in [1.165, 1.54) is 84.2 Å². The fourth-order valence-corrected chi connectivity index (χ4v) is 3.04. The Hall–Kier alpha value is -0.240. The number of unbranched alkanes of at least 4 members (excludes halogenated alkanes) is 10. The number of alkyl halides is 1. The molecule has 0 saturated carbocycles. The second kappa shape index (κ2) is 17.1. The minimum Gasteiger partial charge on any atom is -0.469 e. The number of hydrogen-bond acceptors (Lipinski definition) is 2. The first-order valence-electron chi connectivity index (χ1n) is 9.41. The summed E-state index contributed by atoms with van der Waals surface area (Å²) in [6.07, 6.45) is 18.2. The minimum atomic E-state index is -0.0784. The average Bonchev–Trinajstić information content (AvgIpc) is 2.53. The highest BCUT2D eigenvalue weighted by Gasteiger charge is 2.04. The number of methoxy groups -OCH3 is 1. The van der Waals surface area contributed by atoms with Crippen LogP contribution in [0.3, 0.4) is 0 Å². The zero-order chi connectivity index (χ0) is 16.5. The van der Waals surface area contributed by atoms with Crippen molar-refractivity contribution >= 4 is 17.6 Å². The first-order chi connectivity index (χ1) is 10.7. The summed E-state index contributed by atoms with van der Waals surface area (Å²) >= 11 is 6.36. The maximum absolute atomic E-state index is 10.9. The first-order valence-corrected chi connectivity index (χ1v) is 9.85. The van der Waals surface area contributed by atoms with Crippen molar-refractivity contribution in [3.63, 3.8) is 0 Å². The number of ether oxygens (including phenoxy) is 1. The number of halogens is 1. The Morgan fingerprint density at radius 2 is 1.27 bits per heavy atom. The van der Waals surface area contributed by atoms with Gasteiger partial charge in [-0.2, -0.15) is 0 Å². The Kier molecular flexibility index (Phi) is 16.9. The Balaban J connectivity index is 3.14. The molecule has 0 aliphatic carbocycles. The summed E-state index contributed by atoms with van der Waals surface area (Å²) in [5.74, 6) is -0.0784. The van der Waals surface area contributed by atoms with E-state index < -0.39 is 0 Å². The number of hydrogen-bond donors (Lipinski definition) is 0. The molecule has 0 aromatic rings. The molecule has 0 saturated heterocycles. The predicted molar refractivity (Wildman–Crippen MR) is 96.6 cm³/mol. The van der Waals surface area contributed by atoms with Gasteiger partial charge in [0.25, 0.3) is 0 Å². The van der Waals surface area contributed by atoms with Crippen LogP contribution in [0.2, 0.25) is 0 Å². The topological polar surface area (TPSA) is 26.3 Å². The van der Waals surface area contributed by atoms with Crippen molar-refractivity contribution in [3.8, 4) is 0 Å². The maximum atomic E-state index is 10.9. The lowest BCUT2D eigenvalue weighted by Crippen LogP contribution is -1.99. The van der Waals surface area contributed by atoms with Gasteiger partial charge in [-0.1, -0.05) is 77.6 Å². The molecule has 22 heavy (non-hydrogen) atoms. The van der Waals surface area contributed by atoms with Gasteiger partial charge in [-0.15, -0.1) is 11.6 Å². The zero-order valence-corrected chi connectivity index (χ0v) is 15.6. The molecule has 0 rings (SSSR count). The van der Waals surface area contributed by atoms with Gasteiger partial charge < -0.3 is 4.74 Å². The quantitative estimate of drug-likeness (QED) is 0.180. The fraction of sp³-hybridized carbons (Fsp3) is 0.947. The fourth-order valence-electron chi connectivity index (χ4n) is 2.73. The highest BCUT2D eigenvalue weighted by Crippen LogP contribution is 2.17. The SMILES string of the molecule is CCCCCCC(Cl)CCCCCCCCCCC(=O)OC. The van der Waals surface area contributed by atoms with E-state index in [1.807, 2.05) is 0 Å². The standard InChI is InChI=1S/C19H37ClO2/c1-3-4-5-12-15-18(20)16-13-10-8-6-7-9-11-14-17-19(21)22-2/h18H,3-17H2,1-2H3. The smallest absolute Gasteiger partial charge is 0.305 e. The molecule has 0 spiro atoms. The third-order valence-electron chi connectivity index (χ3n) is 4.25. The van der Waals surface area contributed by atoms with Crippen LogP contribution in [0.25, 0.3) is 0 Å². The Labute approximate surface area is 143 Å².